The molecule has 4 aromatic carbocycles. The zero-order chi connectivity index (χ0) is 40.6. The summed E-state index contributed by atoms with van der Waals surface area (Å²) in [4.78, 5) is 46.1. The Hall–Kier alpha value is -6.01. The number of nitrogens with zero attached hydrogens (tertiary/aromatic N) is 6. The molecule has 12 nitrogen and oxygen atoms in total. The smallest absolute Gasteiger partial charge is 0.407 e. The number of fused-ring (bicyclic) bond motifs is 2. The van der Waals surface area contributed by atoms with Gasteiger partial charge in [-0.3, -0.25) is 0 Å². The fraction of sp³-hybridized carbons (Fsp3) is 0.383. The number of hydrogen-bond acceptors (Lipinski definition) is 10. The Labute approximate surface area is 346 Å². The zero-order valence-corrected chi connectivity index (χ0v) is 34.7. The highest BCUT2D eigenvalue weighted by atomic mass is 16.6. The van der Waals surface area contributed by atoms with Crippen LogP contribution in [0.4, 0.5) is 16.7 Å². The maximum Gasteiger partial charge on any atom is 0.407 e. The average Bonchev–Trinajstić information content (AvgIpc) is 3.25. The standard InChI is InChI=1S/C26H32N4O2.C21H22N4O.H2O/c1-18(28-25(31)32-26(2,3)4)19-12-15-30(16-13-19)24-27-14-11-23(29-24)22-10-9-20-7-5-6-8-21(20)17-22;1-15(24-26)16-9-12-25(13-10-16)21-22-11-8-20(23-21)19-7-6-17-4-2-3-5-18(17)14-19;/h5-11,14,17-19H,12-13,15-16H2,1-4H3,(H,28,31);2-8,11,14-16H,9-10,12-13H2,1H3;1H2. The molecular formula is C47H56N8O4. The van der Waals surface area contributed by atoms with Gasteiger partial charge in [0, 0.05) is 73.5 Å². The number of alkyl carbamates (subject to hydrolysis) is 1. The number of hydrogen-bond donors (Lipinski definition) is 2. The van der Waals surface area contributed by atoms with Crippen LogP contribution in [-0.4, -0.2) is 75.4 Å². The van der Waals surface area contributed by atoms with Crippen molar-refractivity contribution in [1.29, 1.82) is 0 Å². The van der Waals surface area contributed by atoms with Gasteiger partial charge in [-0.05, 0) is 110 Å². The van der Waals surface area contributed by atoms with Crippen LogP contribution in [0, 0.1) is 16.7 Å². The molecule has 2 unspecified atom stereocenters. The quantitative estimate of drug-likeness (QED) is 0.155. The Balaban J connectivity index is 0.000000199. The second-order valence-corrected chi connectivity index (χ2v) is 16.6. The van der Waals surface area contributed by atoms with Crippen molar-refractivity contribution in [1.82, 2.24) is 25.3 Å². The van der Waals surface area contributed by atoms with E-state index in [0.717, 1.165) is 86.3 Å². The first-order chi connectivity index (χ1) is 28.0. The van der Waals surface area contributed by atoms with E-state index in [4.69, 9.17) is 14.7 Å². The van der Waals surface area contributed by atoms with Crippen molar-refractivity contribution in [3.63, 3.8) is 0 Å². The molecule has 1 amide bonds. The van der Waals surface area contributed by atoms with Crippen LogP contribution in [0.25, 0.3) is 44.1 Å². The molecule has 2 atom stereocenters. The van der Waals surface area contributed by atoms with E-state index in [9.17, 15) is 9.70 Å². The minimum atomic E-state index is -0.486. The lowest BCUT2D eigenvalue weighted by Gasteiger charge is -2.35. The lowest BCUT2D eigenvalue weighted by molar-refractivity contribution is -0.531. The molecule has 0 saturated carbocycles. The Morgan fingerprint density at radius 2 is 1.12 bits per heavy atom. The molecule has 59 heavy (non-hydrogen) atoms. The van der Waals surface area contributed by atoms with Gasteiger partial charge in [-0.15, -0.1) is 0 Å². The monoisotopic (exact) mass is 796 g/mol. The molecule has 12 heteroatoms. The van der Waals surface area contributed by atoms with Gasteiger partial charge in [0.2, 0.25) is 11.9 Å². The minimum absolute atomic E-state index is 0. The van der Waals surface area contributed by atoms with Crippen LogP contribution in [0.1, 0.15) is 60.3 Å². The van der Waals surface area contributed by atoms with Crippen molar-refractivity contribution >= 4 is 39.5 Å². The van der Waals surface area contributed by atoms with Crippen LogP contribution in [0.5, 0.6) is 0 Å². The number of nitroso groups, excluding NO2 is 1. The van der Waals surface area contributed by atoms with E-state index in [1.54, 1.807) is 0 Å². The van der Waals surface area contributed by atoms with E-state index in [2.05, 4.69) is 122 Å². The summed E-state index contributed by atoms with van der Waals surface area (Å²) < 4.78 is 5.39. The number of carbonyl (C=O) groups is 1. The summed E-state index contributed by atoms with van der Waals surface area (Å²) in [6.45, 7) is 13.2. The van der Waals surface area contributed by atoms with Gasteiger partial charge in [-0.2, -0.15) is 0 Å². The van der Waals surface area contributed by atoms with E-state index in [1.165, 1.54) is 21.5 Å². The first-order valence-corrected chi connectivity index (χ1v) is 20.5. The highest BCUT2D eigenvalue weighted by Gasteiger charge is 2.29. The van der Waals surface area contributed by atoms with Crippen molar-refractivity contribution in [2.24, 2.45) is 11.8 Å². The molecule has 8 rings (SSSR count). The fourth-order valence-electron chi connectivity index (χ4n) is 7.93. The van der Waals surface area contributed by atoms with Crippen LogP contribution >= 0.6 is 0 Å². The number of amides is 1. The number of rotatable bonds is 8. The number of piperidine rings is 2. The molecule has 2 aliphatic rings. The lowest BCUT2D eigenvalue weighted by Crippen LogP contribution is -2.74. The molecule has 3 N–H and O–H groups in total. The SMILES string of the molecule is CC(NC(=O)OC(C)(C)C)C1CCN(c2nccc(-c3ccc4ccccc4c3)n2)CC1.CC([NH+]=O)C1CCN(c2nccc(-c3ccc4ccccc4c3)n2)CC1.[OH-]. The van der Waals surface area contributed by atoms with Gasteiger partial charge >= 0.3 is 6.09 Å². The number of anilines is 2. The maximum absolute atomic E-state index is 12.1. The topological polar surface area (TPSA) is 157 Å². The zero-order valence-electron chi connectivity index (χ0n) is 34.7. The molecule has 308 valence electrons. The third kappa shape index (κ3) is 10.9. The van der Waals surface area contributed by atoms with Gasteiger partial charge in [0.25, 0.3) is 0 Å². The molecule has 0 aliphatic carbocycles. The number of aromatic nitrogens is 4. The molecule has 0 radical (unpaired) electrons. The van der Waals surface area contributed by atoms with Gasteiger partial charge in [0.05, 0.1) is 11.4 Å². The number of benzene rings is 4. The second kappa shape index (κ2) is 19.2. The van der Waals surface area contributed by atoms with Gasteiger partial charge in [-0.25, -0.2) is 24.7 Å². The van der Waals surface area contributed by atoms with Crippen molar-refractivity contribution < 1.29 is 20.2 Å². The lowest BCUT2D eigenvalue weighted by atomic mass is 9.90. The van der Waals surface area contributed by atoms with Gasteiger partial charge in [0.1, 0.15) is 5.60 Å². The fourth-order valence-corrected chi connectivity index (χ4v) is 7.93. The molecule has 2 aromatic heterocycles. The average molecular weight is 797 g/mol. The molecule has 0 bridgehead atoms. The highest BCUT2D eigenvalue weighted by molar-refractivity contribution is 5.87. The van der Waals surface area contributed by atoms with Crippen molar-refractivity contribution in [3.05, 3.63) is 114 Å². The normalized spacial score (nSPS) is 16.0. The van der Waals surface area contributed by atoms with E-state index < -0.39 is 5.60 Å². The third-order valence-corrected chi connectivity index (χ3v) is 11.4. The summed E-state index contributed by atoms with van der Waals surface area (Å²) >= 11 is 0. The Morgan fingerprint density at radius 3 is 1.56 bits per heavy atom. The van der Waals surface area contributed by atoms with Crippen molar-refractivity contribution in [3.8, 4) is 22.5 Å². The van der Waals surface area contributed by atoms with Gasteiger partial charge in [-0.1, -0.05) is 72.8 Å². The summed E-state index contributed by atoms with van der Waals surface area (Å²) in [6.07, 6.45) is 7.24. The van der Waals surface area contributed by atoms with E-state index in [0.29, 0.717) is 11.8 Å². The molecule has 6 aromatic rings. The first-order valence-electron chi connectivity index (χ1n) is 20.5. The summed E-state index contributed by atoms with van der Waals surface area (Å²) in [6, 6.07) is 33.6. The minimum Gasteiger partial charge on any atom is -0.870 e. The van der Waals surface area contributed by atoms with E-state index in [1.807, 2.05) is 52.2 Å². The summed E-state index contributed by atoms with van der Waals surface area (Å²) in [5.74, 6) is 2.37. The summed E-state index contributed by atoms with van der Waals surface area (Å²) in [5, 5.41) is 10.0. The Kier molecular flexibility index (Phi) is 13.8. The molecule has 2 aliphatic heterocycles. The Morgan fingerprint density at radius 1 is 0.678 bits per heavy atom. The van der Waals surface area contributed by atoms with Gasteiger partial charge < -0.3 is 25.3 Å². The molecule has 2 fully saturated rings. The second-order valence-electron chi connectivity index (χ2n) is 16.6. The predicted molar refractivity (Wildman–Crippen MR) is 234 cm³/mol. The van der Waals surface area contributed by atoms with E-state index >= 15 is 0 Å². The van der Waals surface area contributed by atoms with Crippen LogP contribution in [-0.2, 0) is 4.74 Å². The largest absolute Gasteiger partial charge is 0.870 e. The number of carbonyl (C=O) groups excluding carboxylic acids is 1. The predicted octanol–water partition coefficient (Wildman–Crippen LogP) is 8.00. The van der Waals surface area contributed by atoms with Crippen LogP contribution < -0.4 is 20.3 Å². The number of ether oxygens (including phenoxy) is 1. The van der Waals surface area contributed by atoms with E-state index in [-0.39, 0.29) is 23.7 Å². The third-order valence-electron chi connectivity index (χ3n) is 11.4. The van der Waals surface area contributed by atoms with Crippen molar-refractivity contribution in [2.75, 3.05) is 36.0 Å². The molecule has 4 heterocycles. The van der Waals surface area contributed by atoms with Crippen LogP contribution in [0.2, 0.25) is 0 Å². The number of nitrogens with one attached hydrogen (secondary N) is 2. The van der Waals surface area contributed by atoms with Crippen molar-refractivity contribution in [2.45, 2.75) is 78.0 Å². The van der Waals surface area contributed by atoms with Crippen LogP contribution in [0.3, 0.4) is 0 Å². The maximum atomic E-state index is 12.1. The molecular weight excluding hydrogens is 741 g/mol. The summed E-state index contributed by atoms with van der Waals surface area (Å²) in [5.41, 5.74) is 3.59. The highest BCUT2D eigenvalue weighted by Crippen LogP contribution is 2.29. The first kappa shape index (κ1) is 42.6. The molecule has 0 spiro atoms. The summed E-state index contributed by atoms with van der Waals surface area (Å²) in [7, 11) is 0. The van der Waals surface area contributed by atoms with Gasteiger partial charge in [0.15, 0.2) is 6.04 Å². The van der Waals surface area contributed by atoms with Crippen LogP contribution in [0.15, 0.2) is 109 Å². The molecule has 2 saturated heterocycles. The Bertz CT molecular complexity index is 2330.